The van der Waals surface area contributed by atoms with E-state index in [0.717, 1.165) is 12.1 Å². The van der Waals surface area contributed by atoms with Crippen LogP contribution < -0.4 is 5.73 Å². The number of hydrogen-bond acceptors (Lipinski definition) is 4. The van der Waals surface area contributed by atoms with Crippen LogP contribution in [0.5, 0.6) is 0 Å². The lowest BCUT2D eigenvalue weighted by atomic mass is 10.1. The smallest absolute Gasteiger partial charge is 0.185 e. The molecule has 2 N–H and O–H groups in total. The van der Waals surface area contributed by atoms with Crippen LogP contribution in [0.15, 0.2) is 23.1 Å². The molecule has 0 bridgehead atoms. The van der Waals surface area contributed by atoms with Crippen molar-refractivity contribution in [3.63, 3.8) is 0 Å². The maximum absolute atomic E-state index is 13.0. The van der Waals surface area contributed by atoms with E-state index in [9.17, 15) is 12.8 Å². The highest BCUT2D eigenvalue weighted by Crippen LogP contribution is 2.25. The van der Waals surface area contributed by atoms with Gasteiger partial charge in [0.05, 0.1) is 16.5 Å². The molecule has 1 aliphatic heterocycles. The molecule has 0 spiro atoms. The fourth-order valence-corrected chi connectivity index (χ4v) is 3.88. The lowest BCUT2D eigenvalue weighted by Gasteiger charge is -2.28. The zero-order chi connectivity index (χ0) is 13.3. The summed E-state index contributed by atoms with van der Waals surface area (Å²) in [5.74, 6) is -0.653. The van der Waals surface area contributed by atoms with E-state index in [4.69, 9.17) is 22.1 Å². The summed E-state index contributed by atoms with van der Waals surface area (Å²) in [6.45, 7) is 0.510. The van der Waals surface area contributed by atoms with E-state index in [0.29, 0.717) is 13.0 Å². The molecule has 1 heterocycles. The van der Waals surface area contributed by atoms with E-state index in [1.807, 2.05) is 0 Å². The molecule has 0 saturated carbocycles. The minimum atomic E-state index is -3.65. The van der Waals surface area contributed by atoms with Crippen LogP contribution in [0, 0.1) is 5.82 Å². The fraction of sp³-hybridized carbons (Fsp3) is 0.455. The molecule has 2 unspecified atom stereocenters. The van der Waals surface area contributed by atoms with Crippen LogP contribution in [0.4, 0.5) is 4.39 Å². The molecular weight excluding hydrogens is 281 g/mol. The van der Waals surface area contributed by atoms with Crippen molar-refractivity contribution >= 4 is 21.4 Å². The molecule has 1 fully saturated rings. The van der Waals surface area contributed by atoms with Gasteiger partial charge in [0.25, 0.3) is 0 Å². The van der Waals surface area contributed by atoms with Crippen molar-refractivity contribution in [3.8, 4) is 0 Å². The monoisotopic (exact) mass is 293 g/mol. The molecule has 18 heavy (non-hydrogen) atoms. The van der Waals surface area contributed by atoms with Gasteiger partial charge in [0.2, 0.25) is 0 Å². The van der Waals surface area contributed by atoms with Gasteiger partial charge in [-0.05, 0) is 24.6 Å². The lowest BCUT2D eigenvalue weighted by Crippen LogP contribution is -2.47. The standard InChI is InChI=1S/C11H13ClFNO3S/c12-8-5-7(1-2-9(8)13)18(15,16)11-6-17-4-3-10(11)14/h1-2,5,10-11H,3-4,6,14H2. The predicted molar refractivity (Wildman–Crippen MR) is 65.8 cm³/mol. The van der Waals surface area contributed by atoms with Crippen LogP contribution in [0.1, 0.15) is 6.42 Å². The molecular formula is C11H13ClFNO3S. The van der Waals surface area contributed by atoms with Crippen molar-refractivity contribution < 1.29 is 17.5 Å². The first-order valence-electron chi connectivity index (χ1n) is 5.45. The molecule has 0 aliphatic carbocycles. The van der Waals surface area contributed by atoms with Crippen LogP contribution >= 0.6 is 11.6 Å². The van der Waals surface area contributed by atoms with Gasteiger partial charge in [-0.2, -0.15) is 0 Å². The van der Waals surface area contributed by atoms with E-state index >= 15 is 0 Å². The summed E-state index contributed by atoms with van der Waals surface area (Å²) in [7, 11) is -3.65. The number of rotatable bonds is 2. The second-order valence-corrected chi connectivity index (χ2v) is 6.76. The maximum Gasteiger partial charge on any atom is 0.185 e. The van der Waals surface area contributed by atoms with Crippen LogP contribution in [0.25, 0.3) is 0 Å². The average molecular weight is 294 g/mol. The lowest BCUT2D eigenvalue weighted by molar-refractivity contribution is 0.0891. The Balaban J connectivity index is 2.37. The summed E-state index contributed by atoms with van der Waals surface area (Å²) < 4.78 is 42.8. The minimum absolute atomic E-state index is 0.0279. The van der Waals surface area contributed by atoms with Crippen LogP contribution in [0.2, 0.25) is 5.02 Å². The third-order valence-corrected chi connectivity index (χ3v) is 5.46. The summed E-state index contributed by atoms with van der Waals surface area (Å²) >= 11 is 5.59. The Labute approximate surface area is 110 Å². The van der Waals surface area contributed by atoms with Crippen LogP contribution in [0.3, 0.4) is 0 Å². The SMILES string of the molecule is NC1CCOCC1S(=O)(=O)c1ccc(F)c(Cl)c1. The van der Waals surface area contributed by atoms with E-state index in [1.165, 1.54) is 6.07 Å². The Morgan fingerprint density at radius 1 is 1.44 bits per heavy atom. The van der Waals surface area contributed by atoms with Crippen LogP contribution in [-0.4, -0.2) is 32.9 Å². The highest BCUT2D eigenvalue weighted by molar-refractivity contribution is 7.92. The van der Waals surface area contributed by atoms with Crippen molar-refractivity contribution in [3.05, 3.63) is 29.0 Å². The van der Waals surface area contributed by atoms with Gasteiger partial charge < -0.3 is 10.5 Å². The number of ether oxygens (including phenoxy) is 1. The van der Waals surface area contributed by atoms with Gasteiger partial charge in [0.15, 0.2) is 9.84 Å². The van der Waals surface area contributed by atoms with Crippen molar-refractivity contribution in [1.29, 1.82) is 0 Å². The Bertz CT molecular complexity index is 549. The zero-order valence-corrected chi connectivity index (χ0v) is 11.0. The average Bonchev–Trinajstić information content (AvgIpc) is 2.33. The maximum atomic E-state index is 13.0. The number of benzene rings is 1. The number of nitrogens with two attached hydrogens (primary N) is 1. The Morgan fingerprint density at radius 2 is 2.17 bits per heavy atom. The molecule has 0 aromatic heterocycles. The van der Waals surface area contributed by atoms with Gasteiger partial charge in [-0.15, -0.1) is 0 Å². The van der Waals surface area contributed by atoms with E-state index in [1.54, 1.807) is 0 Å². The van der Waals surface area contributed by atoms with Gasteiger partial charge in [-0.1, -0.05) is 11.6 Å². The van der Waals surface area contributed by atoms with Crippen molar-refractivity contribution in [2.45, 2.75) is 22.6 Å². The first-order valence-corrected chi connectivity index (χ1v) is 7.37. The van der Waals surface area contributed by atoms with Crippen LogP contribution in [-0.2, 0) is 14.6 Å². The summed E-state index contributed by atoms with van der Waals surface area (Å²) in [4.78, 5) is -0.0279. The number of sulfone groups is 1. The predicted octanol–water partition coefficient (Wildman–Crippen LogP) is 1.37. The molecule has 2 atom stereocenters. The molecule has 7 heteroatoms. The first kappa shape index (κ1) is 13.7. The van der Waals surface area contributed by atoms with Crippen molar-refractivity contribution in [2.75, 3.05) is 13.2 Å². The largest absolute Gasteiger partial charge is 0.380 e. The van der Waals surface area contributed by atoms with Gasteiger partial charge >= 0.3 is 0 Å². The molecule has 0 amide bonds. The highest BCUT2D eigenvalue weighted by Gasteiger charge is 2.35. The van der Waals surface area contributed by atoms with E-state index in [-0.39, 0.29) is 16.5 Å². The summed E-state index contributed by atoms with van der Waals surface area (Å²) in [6.07, 6.45) is 0.485. The van der Waals surface area contributed by atoms with Gasteiger partial charge in [0.1, 0.15) is 11.1 Å². The summed E-state index contributed by atoms with van der Waals surface area (Å²) in [5.41, 5.74) is 5.80. The highest BCUT2D eigenvalue weighted by atomic mass is 35.5. The second-order valence-electron chi connectivity index (χ2n) is 4.19. The molecule has 1 saturated heterocycles. The molecule has 1 aliphatic rings. The summed E-state index contributed by atoms with van der Waals surface area (Å²) in [5, 5.41) is -1.03. The first-order chi connectivity index (χ1) is 8.43. The third kappa shape index (κ3) is 2.51. The van der Waals surface area contributed by atoms with E-state index in [2.05, 4.69) is 0 Å². The van der Waals surface area contributed by atoms with Crippen molar-refractivity contribution in [1.82, 2.24) is 0 Å². The van der Waals surface area contributed by atoms with Gasteiger partial charge in [-0.25, -0.2) is 12.8 Å². The molecule has 2 rings (SSSR count). The minimum Gasteiger partial charge on any atom is -0.380 e. The van der Waals surface area contributed by atoms with E-state index < -0.39 is 26.9 Å². The number of hydrogen-bond donors (Lipinski definition) is 1. The topological polar surface area (TPSA) is 69.4 Å². The Kier molecular flexibility index (Phi) is 3.91. The van der Waals surface area contributed by atoms with Gasteiger partial charge in [0, 0.05) is 12.6 Å². The molecule has 4 nitrogen and oxygen atoms in total. The van der Waals surface area contributed by atoms with Gasteiger partial charge in [-0.3, -0.25) is 0 Å². The zero-order valence-electron chi connectivity index (χ0n) is 9.47. The van der Waals surface area contributed by atoms with Crippen molar-refractivity contribution in [2.24, 2.45) is 5.73 Å². The molecule has 0 radical (unpaired) electrons. The Morgan fingerprint density at radius 3 is 2.78 bits per heavy atom. The normalized spacial score (nSPS) is 25.1. The number of halogens is 2. The fourth-order valence-electron chi connectivity index (χ4n) is 1.88. The summed E-state index contributed by atoms with van der Waals surface area (Å²) in [6, 6.07) is 2.85. The molecule has 1 aromatic carbocycles. The second kappa shape index (κ2) is 5.13. The third-order valence-electron chi connectivity index (χ3n) is 2.97. The molecule has 100 valence electrons. The molecule has 1 aromatic rings. The Hall–Kier alpha value is -0.690. The quantitative estimate of drug-likeness (QED) is 0.836.